The lowest BCUT2D eigenvalue weighted by Crippen LogP contribution is -2.65. The van der Waals surface area contributed by atoms with Gasteiger partial charge in [-0.15, -0.1) is 11.8 Å². The monoisotopic (exact) mass is 396 g/mol. The van der Waals surface area contributed by atoms with Gasteiger partial charge in [0.25, 0.3) is 0 Å². The zero-order chi connectivity index (χ0) is 19.6. The summed E-state index contributed by atoms with van der Waals surface area (Å²) in [4.78, 5) is 28.7. The van der Waals surface area contributed by atoms with E-state index in [1.54, 1.807) is 16.7 Å². The summed E-state index contributed by atoms with van der Waals surface area (Å²) in [7, 11) is 0. The van der Waals surface area contributed by atoms with Crippen LogP contribution in [0.4, 0.5) is 4.79 Å². The summed E-state index contributed by atoms with van der Waals surface area (Å²) in [5.74, 6) is 0.986. The predicted molar refractivity (Wildman–Crippen MR) is 110 cm³/mol. The molecular formula is C22H24N2O3S. The zero-order valence-corrected chi connectivity index (χ0v) is 16.8. The number of thioether (sulfide) groups is 1. The van der Waals surface area contributed by atoms with Crippen LogP contribution >= 0.6 is 11.8 Å². The number of nitrogens with zero attached hydrogens (tertiary/aromatic N) is 2. The van der Waals surface area contributed by atoms with E-state index in [2.05, 4.69) is 0 Å². The number of hydrogen-bond acceptors (Lipinski definition) is 4. The zero-order valence-electron chi connectivity index (χ0n) is 16.0. The van der Waals surface area contributed by atoms with Gasteiger partial charge >= 0.3 is 6.09 Å². The standard InChI is InChI=1S/C22H24N2O3S/c1-17-8-10-19(11-9-17)22-23(13-5-15-28-22)20(25)12-14-24(22)21(26)27-16-18-6-3-2-4-7-18/h2-4,6-11H,5,12-16H2,1H3. The molecule has 0 saturated carbocycles. The first kappa shape index (κ1) is 18.9. The molecule has 2 aliphatic heterocycles. The van der Waals surface area contributed by atoms with Crippen LogP contribution in [0.3, 0.4) is 0 Å². The van der Waals surface area contributed by atoms with Gasteiger partial charge in [-0.1, -0.05) is 60.2 Å². The average molecular weight is 397 g/mol. The number of aryl methyl sites for hydroxylation is 1. The van der Waals surface area contributed by atoms with E-state index in [4.69, 9.17) is 4.74 Å². The molecule has 2 saturated heterocycles. The van der Waals surface area contributed by atoms with Gasteiger partial charge in [0.1, 0.15) is 6.61 Å². The van der Waals surface area contributed by atoms with Gasteiger partial charge in [-0.25, -0.2) is 4.79 Å². The van der Waals surface area contributed by atoms with Crippen molar-refractivity contribution in [3.63, 3.8) is 0 Å². The Balaban J connectivity index is 1.66. The van der Waals surface area contributed by atoms with Gasteiger partial charge in [-0.2, -0.15) is 0 Å². The highest BCUT2D eigenvalue weighted by molar-refractivity contribution is 8.00. The summed E-state index contributed by atoms with van der Waals surface area (Å²) in [6.07, 6.45) is 0.877. The van der Waals surface area contributed by atoms with Gasteiger partial charge in [-0.05, 0) is 24.7 Å². The molecule has 0 N–H and O–H groups in total. The fraction of sp³-hybridized carbons (Fsp3) is 0.364. The van der Waals surface area contributed by atoms with Crippen molar-refractivity contribution in [2.75, 3.05) is 18.8 Å². The third-order valence-corrected chi connectivity index (χ3v) is 6.84. The Bertz CT molecular complexity index is 856. The molecule has 4 rings (SSSR count). The van der Waals surface area contributed by atoms with Gasteiger partial charge in [0, 0.05) is 25.1 Å². The van der Waals surface area contributed by atoms with Gasteiger partial charge in [0.15, 0.2) is 4.99 Å². The molecule has 5 nitrogen and oxygen atoms in total. The van der Waals surface area contributed by atoms with Crippen molar-refractivity contribution >= 4 is 23.8 Å². The van der Waals surface area contributed by atoms with Crippen molar-refractivity contribution in [1.82, 2.24) is 9.80 Å². The molecule has 2 aromatic carbocycles. The minimum absolute atomic E-state index is 0.0971. The maximum absolute atomic E-state index is 13.1. The molecule has 1 unspecified atom stereocenters. The normalized spacial score (nSPS) is 22.0. The minimum atomic E-state index is -0.824. The number of fused-ring (bicyclic) bond motifs is 1. The summed E-state index contributed by atoms with van der Waals surface area (Å²) >= 11 is 1.65. The molecule has 146 valence electrons. The van der Waals surface area contributed by atoms with E-state index in [9.17, 15) is 9.59 Å². The van der Waals surface area contributed by atoms with Gasteiger partial charge in [0.05, 0.1) is 0 Å². The molecule has 2 aromatic rings. The topological polar surface area (TPSA) is 49.9 Å². The van der Waals surface area contributed by atoms with Crippen LogP contribution < -0.4 is 0 Å². The maximum atomic E-state index is 13.1. The Morgan fingerprint density at radius 1 is 1.11 bits per heavy atom. The molecule has 2 aliphatic rings. The van der Waals surface area contributed by atoms with Crippen LogP contribution in [0.5, 0.6) is 0 Å². The second-order valence-electron chi connectivity index (χ2n) is 7.16. The van der Waals surface area contributed by atoms with Crippen molar-refractivity contribution in [3.8, 4) is 0 Å². The smallest absolute Gasteiger partial charge is 0.412 e. The lowest BCUT2D eigenvalue weighted by atomic mass is 10.0. The van der Waals surface area contributed by atoms with E-state index < -0.39 is 4.99 Å². The average Bonchev–Trinajstić information content (AvgIpc) is 2.73. The Morgan fingerprint density at radius 3 is 2.61 bits per heavy atom. The molecule has 2 heterocycles. The molecule has 0 spiro atoms. The number of carbonyl (C=O) groups excluding carboxylic acids is 2. The van der Waals surface area contributed by atoms with Crippen LogP contribution in [0.2, 0.25) is 0 Å². The minimum Gasteiger partial charge on any atom is -0.444 e. The molecule has 0 aliphatic carbocycles. The molecular weight excluding hydrogens is 372 g/mol. The van der Waals surface area contributed by atoms with Crippen LogP contribution in [-0.4, -0.2) is 40.6 Å². The lowest BCUT2D eigenvalue weighted by molar-refractivity contribution is -0.147. The molecule has 0 radical (unpaired) electrons. The van der Waals surface area contributed by atoms with Crippen LogP contribution in [0.1, 0.15) is 29.5 Å². The Labute approximate surface area is 169 Å². The molecule has 1 atom stereocenters. The van der Waals surface area contributed by atoms with E-state index >= 15 is 0 Å². The highest BCUT2D eigenvalue weighted by Crippen LogP contribution is 2.48. The van der Waals surface area contributed by atoms with Crippen molar-refractivity contribution in [1.29, 1.82) is 0 Å². The summed E-state index contributed by atoms with van der Waals surface area (Å²) < 4.78 is 5.66. The van der Waals surface area contributed by atoms with Crippen LogP contribution in [-0.2, 0) is 21.1 Å². The molecule has 0 aromatic heterocycles. The number of rotatable bonds is 3. The third-order valence-electron chi connectivity index (χ3n) is 5.26. The van der Waals surface area contributed by atoms with Crippen molar-refractivity contribution in [2.24, 2.45) is 0 Å². The summed E-state index contributed by atoms with van der Waals surface area (Å²) in [5.41, 5.74) is 3.04. The number of carbonyl (C=O) groups is 2. The van der Waals surface area contributed by atoms with Gasteiger partial charge in [0.2, 0.25) is 5.91 Å². The largest absolute Gasteiger partial charge is 0.444 e. The number of benzene rings is 2. The SMILES string of the molecule is Cc1ccc(C23SCCCN2C(=O)CCN3C(=O)OCc2ccccc2)cc1. The maximum Gasteiger partial charge on any atom is 0.412 e. The first-order chi connectivity index (χ1) is 13.6. The molecule has 2 fully saturated rings. The molecule has 28 heavy (non-hydrogen) atoms. The van der Waals surface area contributed by atoms with E-state index in [0.29, 0.717) is 19.5 Å². The van der Waals surface area contributed by atoms with Gasteiger partial charge < -0.3 is 9.64 Å². The predicted octanol–water partition coefficient (Wildman–Crippen LogP) is 4.11. The number of hydrogen-bond donors (Lipinski definition) is 0. The van der Waals surface area contributed by atoms with Crippen molar-refractivity contribution in [2.45, 2.75) is 31.4 Å². The van der Waals surface area contributed by atoms with Gasteiger partial charge in [-0.3, -0.25) is 9.69 Å². The van der Waals surface area contributed by atoms with E-state index in [1.165, 1.54) is 0 Å². The number of amides is 2. The van der Waals surface area contributed by atoms with Crippen molar-refractivity contribution < 1.29 is 14.3 Å². The molecule has 0 bridgehead atoms. The Morgan fingerprint density at radius 2 is 1.86 bits per heavy atom. The van der Waals surface area contributed by atoms with E-state index in [1.807, 2.05) is 66.4 Å². The Kier molecular flexibility index (Phi) is 5.31. The second-order valence-corrected chi connectivity index (χ2v) is 8.43. The van der Waals surface area contributed by atoms with Crippen LogP contribution in [0.15, 0.2) is 54.6 Å². The van der Waals surface area contributed by atoms with Crippen LogP contribution in [0.25, 0.3) is 0 Å². The highest BCUT2D eigenvalue weighted by Gasteiger charge is 2.53. The quantitative estimate of drug-likeness (QED) is 0.783. The summed E-state index contributed by atoms with van der Waals surface area (Å²) in [5, 5.41) is 0. The van der Waals surface area contributed by atoms with Crippen molar-refractivity contribution in [3.05, 3.63) is 71.3 Å². The highest BCUT2D eigenvalue weighted by atomic mass is 32.2. The molecule has 2 amide bonds. The number of ether oxygens (including phenoxy) is 1. The summed E-state index contributed by atoms with van der Waals surface area (Å²) in [6.45, 7) is 3.27. The third kappa shape index (κ3) is 3.37. The van der Waals surface area contributed by atoms with E-state index in [-0.39, 0.29) is 18.6 Å². The fourth-order valence-corrected chi connectivity index (χ4v) is 5.39. The molecule has 6 heteroatoms. The fourth-order valence-electron chi connectivity index (χ4n) is 3.86. The summed E-state index contributed by atoms with van der Waals surface area (Å²) in [6, 6.07) is 17.8. The Hall–Kier alpha value is -2.47. The van der Waals surface area contributed by atoms with E-state index in [0.717, 1.165) is 28.9 Å². The lowest BCUT2D eigenvalue weighted by Gasteiger charge is -2.54. The second kappa shape index (κ2) is 7.87. The van der Waals surface area contributed by atoms with Crippen LogP contribution in [0, 0.1) is 6.92 Å². The first-order valence-electron chi connectivity index (χ1n) is 9.61. The first-order valence-corrected chi connectivity index (χ1v) is 10.6.